The van der Waals surface area contributed by atoms with Crippen molar-refractivity contribution in [2.75, 3.05) is 7.11 Å². The van der Waals surface area contributed by atoms with E-state index in [1.165, 1.54) is 13.2 Å². The monoisotopic (exact) mass is 244 g/mol. The average molecular weight is 245 g/mol. The van der Waals surface area contributed by atoms with Crippen molar-refractivity contribution in [1.82, 2.24) is 0 Å². The van der Waals surface area contributed by atoms with Gasteiger partial charge in [0.05, 0.1) is 7.11 Å². The van der Waals surface area contributed by atoms with Crippen LogP contribution in [0.5, 0.6) is 11.5 Å². The maximum atomic E-state index is 10.5. The molecule has 4 heteroatoms. The van der Waals surface area contributed by atoms with Gasteiger partial charge in [-0.05, 0) is 28.9 Å². The van der Waals surface area contributed by atoms with E-state index in [0.717, 1.165) is 0 Å². The van der Waals surface area contributed by atoms with Crippen LogP contribution in [0, 0.1) is 6.92 Å². The first-order valence-corrected chi connectivity index (χ1v) is 4.42. The van der Waals surface area contributed by atoms with Gasteiger partial charge in [-0.1, -0.05) is 0 Å². The molecule has 1 aromatic carbocycles. The standard InChI is InChI=1S/C9H9BrO3/c1-5-8(10)6(4-11)3-7(12)9(5)13-2/h3-4,12H,1-2H3. The van der Waals surface area contributed by atoms with E-state index < -0.39 is 0 Å². The van der Waals surface area contributed by atoms with Gasteiger partial charge in [-0.25, -0.2) is 0 Å². The Morgan fingerprint density at radius 3 is 2.69 bits per heavy atom. The van der Waals surface area contributed by atoms with Gasteiger partial charge >= 0.3 is 0 Å². The Kier molecular flexibility index (Phi) is 2.93. The van der Waals surface area contributed by atoms with Gasteiger partial charge in [0.15, 0.2) is 17.8 Å². The summed E-state index contributed by atoms with van der Waals surface area (Å²) in [4.78, 5) is 10.5. The summed E-state index contributed by atoms with van der Waals surface area (Å²) in [6.07, 6.45) is 0.677. The molecule has 0 bridgehead atoms. The van der Waals surface area contributed by atoms with Crippen LogP contribution in [0.3, 0.4) is 0 Å². The third-order valence-corrected chi connectivity index (χ3v) is 2.83. The number of methoxy groups -OCH3 is 1. The van der Waals surface area contributed by atoms with Crippen molar-refractivity contribution < 1.29 is 14.6 Å². The molecule has 13 heavy (non-hydrogen) atoms. The first-order valence-electron chi connectivity index (χ1n) is 3.63. The number of aromatic hydroxyl groups is 1. The molecule has 0 spiro atoms. The van der Waals surface area contributed by atoms with Crippen molar-refractivity contribution in [1.29, 1.82) is 0 Å². The molecule has 1 rings (SSSR count). The third-order valence-electron chi connectivity index (χ3n) is 1.78. The Labute approximate surface area is 84.5 Å². The number of phenols is 1. The van der Waals surface area contributed by atoms with Gasteiger partial charge in [0.2, 0.25) is 0 Å². The quantitative estimate of drug-likeness (QED) is 0.813. The van der Waals surface area contributed by atoms with Gasteiger partial charge in [0.25, 0.3) is 0 Å². The minimum Gasteiger partial charge on any atom is -0.504 e. The number of aldehydes is 1. The fraction of sp³-hybridized carbons (Fsp3) is 0.222. The molecule has 0 aromatic heterocycles. The van der Waals surface area contributed by atoms with E-state index >= 15 is 0 Å². The van der Waals surface area contributed by atoms with Crippen LogP contribution in [0.25, 0.3) is 0 Å². The highest BCUT2D eigenvalue weighted by Gasteiger charge is 2.12. The first kappa shape index (κ1) is 10.1. The molecule has 0 aliphatic carbocycles. The highest BCUT2D eigenvalue weighted by Crippen LogP contribution is 2.36. The zero-order valence-corrected chi connectivity index (χ0v) is 8.88. The molecule has 0 atom stereocenters. The summed E-state index contributed by atoms with van der Waals surface area (Å²) in [7, 11) is 1.47. The lowest BCUT2D eigenvalue weighted by atomic mass is 10.1. The van der Waals surface area contributed by atoms with Crippen LogP contribution < -0.4 is 4.74 Å². The molecule has 0 aliphatic heterocycles. The topological polar surface area (TPSA) is 46.5 Å². The number of phenolic OH excluding ortho intramolecular Hbond substituents is 1. The van der Waals surface area contributed by atoms with Crippen LogP contribution in [-0.4, -0.2) is 18.5 Å². The third kappa shape index (κ3) is 1.67. The van der Waals surface area contributed by atoms with E-state index in [-0.39, 0.29) is 5.75 Å². The van der Waals surface area contributed by atoms with Gasteiger partial charge < -0.3 is 9.84 Å². The second-order valence-corrected chi connectivity index (χ2v) is 3.37. The molecule has 0 radical (unpaired) electrons. The molecule has 3 nitrogen and oxygen atoms in total. The second kappa shape index (κ2) is 3.79. The number of carbonyl (C=O) groups is 1. The van der Waals surface area contributed by atoms with Crippen molar-refractivity contribution in [2.45, 2.75) is 6.92 Å². The van der Waals surface area contributed by atoms with Crippen LogP contribution in [-0.2, 0) is 0 Å². The van der Waals surface area contributed by atoms with Crippen LogP contribution in [0.2, 0.25) is 0 Å². The molecule has 0 unspecified atom stereocenters. The number of benzene rings is 1. The molecule has 70 valence electrons. The zero-order valence-electron chi connectivity index (χ0n) is 7.30. The van der Waals surface area contributed by atoms with Crippen molar-refractivity contribution in [3.8, 4) is 11.5 Å². The van der Waals surface area contributed by atoms with E-state index in [2.05, 4.69) is 15.9 Å². The fourth-order valence-corrected chi connectivity index (χ4v) is 1.52. The number of hydrogen-bond donors (Lipinski definition) is 1. The highest BCUT2D eigenvalue weighted by molar-refractivity contribution is 9.10. The Balaban J connectivity index is 3.45. The molecule has 0 saturated heterocycles. The lowest BCUT2D eigenvalue weighted by Crippen LogP contribution is -1.93. The number of hydrogen-bond acceptors (Lipinski definition) is 3. The van der Waals surface area contributed by atoms with Gasteiger partial charge in [-0.15, -0.1) is 0 Å². The maximum absolute atomic E-state index is 10.5. The van der Waals surface area contributed by atoms with Crippen LogP contribution in [0.15, 0.2) is 10.5 Å². The number of halogens is 1. The van der Waals surface area contributed by atoms with Gasteiger partial charge in [0, 0.05) is 15.6 Å². The van der Waals surface area contributed by atoms with Crippen molar-refractivity contribution in [3.63, 3.8) is 0 Å². The fourth-order valence-electron chi connectivity index (χ4n) is 1.13. The molecular weight excluding hydrogens is 236 g/mol. The van der Waals surface area contributed by atoms with Gasteiger partial charge in [0.1, 0.15) is 0 Å². The molecular formula is C9H9BrO3. The summed E-state index contributed by atoms with van der Waals surface area (Å²) in [5, 5.41) is 9.42. The molecule has 0 heterocycles. The molecule has 1 N–H and O–H groups in total. The van der Waals surface area contributed by atoms with E-state index in [1.54, 1.807) is 6.92 Å². The highest BCUT2D eigenvalue weighted by atomic mass is 79.9. The first-order chi connectivity index (χ1) is 6.11. The zero-order chi connectivity index (χ0) is 10.0. The summed E-state index contributed by atoms with van der Waals surface area (Å²) >= 11 is 3.24. The normalized spacial score (nSPS) is 9.77. The SMILES string of the molecule is COc1c(O)cc(C=O)c(Br)c1C. The molecule has 1 aromatic rings. The average Bonchev–Trinajstić information content (AvgIpc) is 2.12. The lowest BCUT2D eigenvalue weighted by Gasteiger charge is -2.09. The van der Waals surface area contributed by atoms with Crippen molar-refractivity contribution in [2.24, 2.45) is 0 Å². The Morgan fingerprint density at radius 1 is 1.62 bits per heavy atom. The Morgan fingerprint density at radius 2 is 2.23 bits per heavy atom. The predicted molar refractivity (Wildman–Crippen MR) is 52.5 cm³/mol. The largest absolute Gasteiger partial charge is 0.504 e. The minimum atomic E-state index is -0.0229. The lowest BCUT2D eigenvalue weighted by molar-refractivity contribution is 0.112. The van der Waals surface area contributed by atoms with E-state index in [9.17, 15) is 9.90 Å². The van der Waals surface area contributed by atoms with Gasteiger partial charge in [-0.3, -0.25) is 4.79 Å². The van der Waals surface area contributed by atoms with Crippen molar-refractivity contribution >= 4 is 22.2 Å². The van der Waals surface area contributed by atoms with E-state index in [0.29, 0.717) is 27.6 Å². The van der Waals surface area contributed by atoms with E-state index in [1.807, 2.05) is 0 Å². The number of carbonyl (C=O) groups excluding carboxylic acids is 1. The van der Waals surface area contributed by atoms with E-state index in [4.69, 9.17) is 4.74 Å². The smallest absolute Gasteiger partial charge is 0.164 e. The summed E-state index contributed by atoms with van der Waals surface area (Å²) in [6, 6.07) is 1.36. The van der Waals surface area contributed by atoms with Crippen LogP contribution in [0.4, 0.5) is 0 Å². The Hall–Kier alpha value is -1.03. The summed E-state index contributed by atoms with van der Waals surface area (Å²) in [5.41, 5.74) is 1.13. The number of rotatable bonds is 2. The predicted octanol–water partition coefficient (Wildman–Crippen LogP) is 2.28. The maximum Gasteiger partial charge on any atom is 0.164 e. The van der Waals surface area contributed by atoms with Gasteiger partial charge in [-0.2, -0.15) is 0 Å². The minimum absolute atomic E-state index is 0.0229. The Bertz CT molecular complexity index is 347. The molecule has 0 saturated carbocycles. The summed E-state index contributed by atoms with van der Waals surface area (Å²) in [6.45, 7) is 1.76. The summed E-state index contributed by atoms with van der Waals surface area (Å²) < 4.78 is 5.61. The van der Waals surface area contributed by atoms with Crippen LogP contribution in [0.1, 0.15) is 15.9 Å². The van der Waals surface area contributed by atoms with Crippen molar-refractivity contribution in [3.05, 3.63) is 21.7 Å². The molecule has 0 fully saturated rings. The molecule has 0 aliphatic rings. The summed E-state index contributed by atoms with van der Waals surface area (Å²) in [5.74, 6) is 0.364. The second-order valence-electron chi connectivity index (χ2n) is 2.58. The molecule has 0 amide bonds. The number of ether oxygens (including phenoxy) is 1. The van der Waals surface area contributed by atoms with Crippen LogP contribution >= 0.6 is 15.9 Å².